The van der Waals surface area contributed by atoms with Crippen LogP contribution in [0.15, 0.2) is 47.4 Å². The van der Waals surface area contributed by atoms with Gasteiger partial charge in [0.1, 0.15) is 11.5 Å². The molecule has 2 aliphatic rings. The van der Waals surface area contributed by atoms with Crippen LogP contribution in [0.25, 0.3) is 0 Å². The fourth-order valence-corrected chi connectivity index (χ4v) is 5.31. The summed E-state index contributed by atoms with van der Waals surface area (Å²) in [6.45, 7) is 2.70. The van der Waals surface area contributed by atoms with Gasteiger partial charge in [0.2, 0.25) is 15.9 Å². The van der Waals surface area contributed by atoms with Crippen LogP contribution in [0.4, 0.5) is 0 Å². The van der Waals surface area contributed by atoms with Gasteiger partial charge in [-0.25, -0.2) is 8.42 Å². The molecule has 0 bridgehead atoms. The number of fused-ring (bicyclic) bond motifs is 1. The number of hydrogen-bond donors (Lipinski definition) is 0. The Bertz CT molecular complexity index is 1080. The molecule has 0 N–H and O–H groups in total. The zero-order chi connectivity index (χ0) is 24.0. The maximum atomic E-state index is 13.1. The first kappa shape index (κ1) is 24.2. The second-order valence-electron chi connectivity index (χ2n) is 8.07. The quantitative estimate of drug-likeness (QED) is 0.525. The molecule has 0 spiro atoms. The SMILES string of the molecule is COc1ccc(OCCCC(=O)N2CCN(S(=O)(=O)c3ccc4c(c3)OCCCO4)CC2)cc1. The van der Waals surface area contributed by atoms with E-state index < -0.39 is 10.0 Å². The summed E-state index contributed by atoms with van der Waals surface area (Å²) in [6.07, 6.45) is 1.69. The summed E-state index contributed by atoms with van der Waals surface area (Å²) >= 11 is 0. The summed E-state index contributed by atoms with van der Waals surface area (Å²) in [5.74, 6) is 2.49. The predicted molar refractivity (Wildman–Crippen MR) is 125 cm³/mol. The molecule has 1 amide bonds. The van der Waals surface area contributed by atoms with Crippen LogP contribution in [0.3, 0.4) is 0 Å². The van der Waals surface area contributed by atoms with Gasteiger partial charge in [-0.2, -0.15) is 4.31 Å². The van der Waals surface area contributed by atoms with Crippen molar-refractivity contribution in [1.29, 1.82) is 0 Å². The first-order chi connectivity index (χ1) is 16.5. The Hall–Kier alpha value is -2.98. The molecule has 1 fully saturated rings. The molecule has 0 atom stereocenters. The maximum Gasteiger partial charge on any atom is 0.243 e. The van der Waals surface area contributed by atoms with Crippen molar-refractivity contribution >= 4 is 15.9 Å². The highest BCUT2D eigenvalue weighted by atomic mass is 32.2. The Kier molecular flexibility index (Phi) is 7.79. The second kappa shape index (κ2) is 11.0. The summed E-state index contributed by atoms with van der Waals surface area (Å²) in [5, 5.41) is 0. The first-order valence-corrected chi connectivity index (χ1v) is 12.9. The third-order valence-corrected chi connectivity index (χ3v) is 7.71. The third kappa shape index (κ3) is 5.74. The van der Waals surface area contributed by atoms with Gasteiger partial charge in [-0.05, 0) is 42.8 Å². The molecule has 0 unspecified atom stereocenters. The summed E-state index contributed by atoms with van der Waals surface area (Å²) in [5.41, 5.74) is 0. The van der Waals surface area contributed by atoms with Gasteiger partial charge in [-0.1, -0.05) is 0 Å². The highest BCUT2D eigenvalue weighted by Gasteiger charge is 2.31. The molecule has 1 saturated heterocycles. The van der Waals surface area contributed by atoms with Gasteiger partial charge in [0.05, 0.1) is 31.8 Å². The molecule has 0 aromatic heterocycles. The van der Waals surface area contributed by atoms with Crippen molar-refractivity contribution in [1.82, 2.24) is 9.21 Å². The van der Waals surface area contributed by atoms with Crippen LogP contribution in [0.2, 0.25) is 0 Å². The van der Waals surface area contributed by atoms with E-state index in [0.29, 0.717) is 57.3 Å². The number of hydrogen-bond acceptors (Lipinski definition) is 7. The molecule has 10 heteroatoms. The van der Waals surface area contributed by atoms with Crippen LogP contribution in [0, 0.1) is 0 Å². The van der Waals surface area contributed by atoms with E-state index in [1.807, 2.05) is 24.3 Å². The lowest BCUT2D eigenvalue weighted by Gasteiger charge is -2.34. The van der Waals surface area contributed by atoms with Gasteiger partial charge in [0.15, 0.2) is 11.5 Å². The molecular weight excluding hydrogens is 460 g/mol. The molecule has 2 aromatic rings. The Morgan fingerprint density at radius 1 is 0.941 bits per heavy atom. The third-order valence-electron chi connectivity index (χ3n) is 5.81. The number of methoxy groups -OCH3 is 1. The number of carbonyl (C=O) groups is 1. The highest BCUT2D eigenvalue weighted by Crippen LogP contribution is 2.33. The lowest BCUT2D eigenvalue weighted by Crippen LogP contribution is -2.50. The van der Waals surface area contributed by atoms with Crippen LogP contribution >= 0.6 is 0 Å². The van der Waals surface area contributed by atoms with E-state index in [0.717, 1.165) is 17.9 Å². The van der Waals surface area contributed by atoms with E-state index >= 15 is 0 Å². The molecule has 0 radical (unpaired) electrons. The average Bonchev–Trinajstić information content (AvgIpc) is 3.12. The topological polar surface area (TPSA) is 94.6 Å². The number of rotatable bonds is 8. The standard InChI is InChI=1S/C24H30N2O7S/c1-30-19-5-7-20(8-6-19)31-15-2-4-24(27)25-11-13-26(14-12-25)34(28,29)21-9-10-22-23(18-21)33-17-3-16-32-22/h5-10,18H,2-4,11-17H2,1H3. The van der Waals surface area contributed by atoms with Crippen molar-refractivity contribution < 1.29 is 32.2 Å². The second-order valence-corrected chi connectivity index (χ2v) is 10.0. The van der Waals surface area contributed by atoms with Crippen LogP contribution in [-0.2, 0) is 14.8 Å². The Balaban J connectivity index is 1.24. The summed E-state index contributed by atoms with van der Waals surface area (Å²) in [6, 6.07) is 12.0. The lowest BCUT2D eigenvalue weighted by molar-refractivity contribution is -0.132. The molecule has 2 heterocycles. The molecular formula is C24H30N2O7S. The molecule has 9 nitrogen and oxygen atoms in total. The van der Waals surface area contributed by atoms with Crippen LogP contribution in [0.5, 0.6) is 23.0 Å². The first-order valence-electron chi connectivity index (χ1n) is 11.4. The van der Waals surface area contributed by atoms with Gasteiger partial charge >= 0.3 is 0 Å². The van der Waals surface area contributed by atoms with Crippen molar-refractivity contribution in [3.05, 3.63) is 42.5 Å². The highest BCUT2D eigenvalue weighted by molar-refractivity contribution is 7.89. The minimum atomic E-state index is -3.68. The number of piperazine rings is 1. The van der Waals surface area contributed by atoms with E-state index in [1.54, 1.807) is 24.1 Å². The smallest absolute Gasteiger partial charge is 0.243 e. The van der Waals surface area contributed by atoms with E-state index in [-0.39, 0.29) is 23.9 Å². The average molecular weight is 491 g/mol. The normalized spacial score (nSPS) is 16.6. The van der Waals surface area contributed by atoms with Crippen molar-refractivity contribution in [3.8, 4) is 23.0 Å². The predicted octanol–water partition coefficient (Wildman–Crippen LogP) is 2.55. The number of sulfonamides is 1. The summed E-state index contributed by atoms with van der Waals surface area (Å²) < 4.78 is 49.7. The Morgan fingerprint density at radius 3 is 2.32 bits per heavy atom. The molecule has 0 aliphatic carbocycles. The van der Waals surface area contributed by atoms with Crippen molar-refractivity contribution in [2.24, 2.45) is 0 Å². The van der Waals surface area contributed by atoms with Crippen molar-refractivity contribution in [3.63, 3.8) is 0 Å². The number of nitrogens with zero attached hydrogens (tertiary/aromatic N) is 2. The van der Waals surface area contributed by atoms with E-state index in [4.69, 9.17) is 18.9 Å². The van der Waals surface area contributed by atoms with Crippen LogP contribution < -0.4 is 18.9 Å². The van der Waals surface area contributed by atoms with Gasteiger partial charge in [0, 0.05) is 45.1 Å². The number of benzene rings is 2. The fourth-order valence-electron chi connectivity index (χ4n) is 3.87. The largest absolute Gasteiger partial charge is 0.497 e. The summed E-state index contributed by atoms with van der Waals surface area (Å²) in [4.78, 5) is 14.5. The minimum Gasteiger partial charge on any atom is -0.497 e. The summed E-state index contributed by atoms with van der Waals surface area (Å²) in [7, 11) is -2.07. The maximum absolute atomic E-state index is 13.1. The zero-order valence-electron chi connectivity index (χ0n) is 19.3. The van der Waals surface area contributed by atoms with E-state index in [1.165, 1.54) is 10.4 Å². The number of carbonyl (C=O) groups excluding carboxylic acids is 1. The van der Waals surface area contributed by atoms with Crippen LogP contribution in [-0.4, -0.2) is 76.6 Å². The lowest BCUT2D eigenvalue weighted by atomic mass is 10.2. The van der Waals surface area contributed by atoms with E-state index in [9.17, 15) is 13.2 Å². The van der Waals surface area contributed by atoms with Crippen molar-refractivity contribution in [2.45, 2.75) is 24.2 Å². The fraction of sp³-hybridized carbons (Fsp3) is 0.458. The van der Waals surface area contributed by atoms with Gasteiger partial charge in [-0.15, -0.1) is 0 Å². The number of ether oxygens (including phenoxy) is 4. The zero-order valence-corrected chi connectivity index (χ0v) is 20.1. The molecule has 2 aromatic carbocycles. The monoisotopic (exact) mass is 490 g/mol. The molecule has 34 heavy (non-hydrogen) atoms. The van der Waals surface area contributed by atoms with Crippen LogP contribution in [0.1, 0.15) is 19.3 Å². The van der Waals surface area contributed by atoms with Gasteiger partial charge < -0.3 is 23.8 Å². The molecule has 184 valence electrons. The van der Waals surface area contributed by atoms with E-state index in [2.05, 4.69) is 0 Å². The van der Waals surface area contributed by atoms with Gasteiger partial charge in [-0.3, -0.25) is 4.79 Å². The Morgan fingerprint density at radius 2 is 1.62 bits per heavy atom. The number of amides is 1. The van der Waals surface area contributed by atoms with Crippen molar-refractivity contribution in [2.75, 3.05) is 53.1 Å². The molecule has 0 saturated carbocycles. The minimum absolute atomic E-state index is 0.00552. The Labute approximate surface area is 200 Å². The molecule has 4 rings (SSSR count). The van der Waals surface area contributed by atoms with Gasteiger partial charge in [0.25, 0.3) is 0 Å². The molecule has 2 aliphatic heterocycles.